The highest BCUT2D eigenvalue weighted by molar-refractivity contribution is 5.75. The van der Waals surface area contributed by atoms with Crippen LogP contribution in [0.5, 0.6) is 5.75 Å². The summed E-state index contributed by atoms with van der Waals surface area (Å²) in [6, 6.07) is 5.86. The second kappa shape index (κ2) is 6.40. The Labute approximate surface area is 109 Å². The number of hydrogen-bond acceptors (Lipinski definition) is 3. The number of hydrogen-bond donors (Lipinski definition) is 1. The minimum Gasteiger partial charge on any atom is -0.493 e. The van der Waals surface area contributed by atoms with Gasteiger partial charge in [0.15, 0.2) is 0 Å². The van der Waals surface area contributed by atoms with Crippen molar-refractivity contribution in [2.24, 2.45) is 5.73 Å². The van der Waals surface area contributed by atoms with Crippen molar-refractivity contribution < 1.29 is 9.53 Å². The van der Waals surface area contributed by atoms with Crippen molar-refractivity contribution in [3.63, 3.8) is 0 Å². The number of ether oxygens (including phenoxy) is 1. The zero-order valence-electron chi connectivity index (χ0n) is 11.6. The first-order valence-electron chi connectivity index (χ1n) is 6.11. The minimum atomic E-state index is -0.0786. The van der Waals surface area contributed by atoms with Crippen LogP contribution in [0.4, 0.5) is 0 Å². The van der Waals surface area contributed by atoms with E-state index in [0.29, 0.717) is 13.0 Å². The highest BCUT2D eigenvalue weighted by Gasteiger charge is 2.09. The van der Waals surface area contributed by atoms with E-state index in [1.54, 1.807) is 19.0 Å². The van der Waals surface area contributed by atoms with E-state index < -0.39 is 0 Å². The van der Waals surface area contributed by atoms with Gasteiger partial charge in [-0.15, -0.1) is 0 Å². The zero-order chi connectivity index (χ0) is 13.7. The zero-order valence-corrected chi connectivity index (χ0v) is 11.6. The molecule has 0 unspecified atom stereocenters. The Kier molecular flexibility index (Phi) is 5.16. The molecule has 4 heteroatoms. The highest BCUT2D eigenvalue weighted by atomic mass is 16.5. The van der Waals surface area contributed by atoms with Gasteiger partial charge in [0.1, 0.15) is 5.75 Å². The van der Waals surface area contributed by atoms with Crippen LogP contribution in [-0.2, 0) is 4.79 Å². The summed E-state index contributed by atoms with van der Waals surface area (Å²) in [6.07, 6.45) is 0.374. The lowest BCUT2D eigenvalue weighted by Crippen LogP contribution is -2.23. The summed E-state index contributed by atoms with van der Waals surface area (Å²) in [7, 11) is 3.48. The summed E-state index contributed by atoms with van der Waals surface area (Å²) in [5, 5.41) is 0. The lowest BCUT2D eigenvalue weighted by Gasteiger charge is -2.15. The third-order valence-corrected chi connectivity index (χ3v) is 2.73. The molecule has 0 bridgehead atoms. The van der Waals surface area contributed by atoms with Gasteiger partial charge in [0, 0.05) is 25.7 Å². The van der Waals surface area contributed by atoms with Crippen LogP contribution < -0.4 is 10.5 Å². The van der Waals surface area contributed by atoms with Gasteiger partial charge in [-0.2, -0.15) is 0 Å². The first-order valence-corrected chi connectivity index (χ1v) is 6.11. The number of aryl methyl sites for hydroxylation is 1. The van der Waals surface area contributed by atoms with Gasteiger partial charge >= 0.3 is 0 Å². The Morgan fingerprint density at radius 2 is 2.11 bits per heavy atom. The van der Waals surface area contributed by atoms with Crippen LogP contribution in [0.1, 0.15) is 30.5 Å². The molecule has 0 fully saturated rings. The SMILES string of the molecule is Cc1ccc([C@@H](C)N)c(OCCC(=O)N(C)C)c1. The standard InChI is InChI=1S/C14H22N2O2/c1-10-5-6-12(11(2)15)13(9-10)18-8-7-14(17)16(3)4/h5-6,9,11H,7-8,15H2,1-4H3/t11-/m1/s1. The van der Waals surface area contributed by atoms with Gasteiger partial charge in [-0.1, -0.05) is 12.1 Å². The van der Waals surface area contributed by atoms with E-state index in [1.165, 1.54) is 0 Å². The Bertz CT molecular complexity index is 414. The lowest BCUT2D eigenvalue weighted by molar-refractivity contribution is -0.129. The van der Waals surface area contributed by atoms with E-state index in [4.69, 9.17) is 10.5 Å². The van der Waals surface area contributed by atoms with Gasteiger partial charge < -0.3 is 15.4 Å². The first-order chi connectivity index (χ1) is 8.41. The summed E-state index contributed by atoms with van der Waals surface area (Å²) >= 11 is 0. The number of carbonyl (C=O) groups is 1. The van der Waals surface area contributed by atoms with Crippen molar-refractivity contribution in [2.45, 2.75) is 26.3 Å². The highest BCUT2D eigenvalue weighted by Crippen LogP contribution is 2.25. The number of nitrogens with zero attached hydrogens (tertiary/aromatic N) is 1. The van der Waals surface area contributed by atoms with Crippen LogP contribution in [0.3, 0.4) is 0 Å². The number of nitrogens with two attached hydrogens (primary N) is 1. The second-order valence-corrected chi connectivity index (χ2v) is 4.72. The Balaban J connectivity index is 2.66. The van der Waals surface area contributed by atoms with Gasteiger partial charge in [0.2, 0.25) is 5.91 Å². The summed E-state index contributed by atoms with van der Waals surface area (Å²) in [6.45, 7) is 4.30. The van der Waals surface area contributed by atoms with E-state index in [9.17, 15) is 4.79 Å². The molecule has 2 N–H and O–H groups in total. The van der Waals surface area contributed by atoms with E-state index >= 15 is 0 Å². The van der Waals surface area contributed by atoms with E-state index in [1.807, 2.05) is 32.0 Å². The Hall–Kier alpha value is -1.55. The van der Waals surface area contributed by atoms with Gasteiger partial charge in [-0.3, -0.25) is 4.79 Å². The first kappa shape index (κ1) is 14.5. The number of benzene rings is 1. The van der Waals surface area contributed by atoms with E-state index in [-0.39, 0.29) is 11.9 Å². The molecule has 0 saturated carbocycles. The quantitative estimate of drug-likeness (QED) is 0.868. The summed E-state index contributed by atoms with van der Waals surface area (Å²) < 4.78 is 5.67. The molecule has 0 saturated heterocycles. The Morgan fingerprint density at radius 1 is 1.44 bits per heavy atom. The van der Waals surface area contributed by atoms with Crippen LogP contribution in [0.15, 0.2) is 18.2 Å². The Morgan fingerprint density at radius 3 is 2.67 bits per heavy atom. The molecule has 0 aliphatic carbocycles. The predicted octanol–water partition coefficient (Wildman–Crippen LogP) is 1.87. The fourth-order valence-corrected chi connectivity index (χ4v) is 1.61. The molecule has 0 spiro atoms. The van der Waals surface area contributed by atoms with Gasteiger partial charge in [-0.25, -0.2) is 0 Å². The molecule has 0 radical (unpaired) electrons. The maximum absolute atomic E-state index is 11.4. The topological polar surface area (TPSA) is 55.6 Å². The molecule has 1 aromatic carbocycles. The average Bonchev–Trinajstić information content (AvgIpc) is 2.28. The van der Waals surface area contributed by atoms with Crippen molar-refractivity contribution in [3.05, 3.63) is 29.3 Å². The molecular weight excluding hydrogens is 228 g/mol. The summed E-state index contributed by atoms with van der Waals surface area (Å²) in [5.41, 5.74) is 7.98. The van der Waals surface area contributed by atoms with Crippen molar-refractivity contribution >= 4 is 5.91 Å². The van der Waals surface area contributed by atoms with Crippen LogP contribution in [0.25, 0.3) is 0 Å². The molecular formula is C14H22N2O2. The molecule has 0 aromatic heterocycles. The van der Waals surface area contributed by atoms with Crippen molar-refractivity contribution in [3.8, 4) is 5.75 Å². The molecule has 0 aliphatic rings. The normalized spacial score (nSPS) is 12.1. The maximum atomic E-state index is 11.4. The lowest BCUT2D eigenvalue weighted by atomic mass is 10.1. The minimum absolute atomic E-state index is 0.0602. The monoisotopic (exact) mass is 250 g/mol. The predicted molar refractivity (Wildman–Crippen MR) is 72.6 cm³/mol. The van der Waals surface area contributed by atoms with Crippen LogP contribution >= 0.6 is 0 Å². The number of rotatable bonds is 5. The van der Waals surface area contributed by atoms with Gasteiger partial charge in [0.25, 0.3) is 0 Å². The number of carbonyl (C=O) groups excluding carboxylic acids is 1. The number of amides is 1. The summed E-state index contributed by atoms with van der Waals surface area (Å²) in [4.78, 5) is 13.0. The third kappa shape index (κ3) is 4.04. The van der Waals surface area contributed by atoms with Crippen molar-refractivity contribution in [2.75, 3.05) is 20.7 Å². The van der Waals surface area contributed by atoms with Gasteiger partial charge in [-0.05, 0) is 25.5 Å². The molecule has 1 aromatic rings. The smallest absolute Gasteiger partial charge is 0.225 e. The maximum Gasteiger partial charge on any atom is 0.225 e. The average molecular weight is 250 g/mol. The van der Waals surface area contributed by atoms with Crippen LogP contribution in [0.2, 0.25) is 0 Å². The van der Waals surface area contributed by atoms with Crippen LogP contribution in [-0.4, -0.2) is 31.5 Å². The molecule has 18 heavy (non-hydrogen) atoms. The molecule has 1 rings (SSSR count). The molecule has 0 aliphatic heterocycles. The van der Waals surface area contributed by atoms with Crippen molar-refractivity contribution in [1.29, 1.82) is 0 Å². The second-order valence-electron chi connectivity index (χ2n) is 4.72. The molecule has 0 heterocycles. The van der Waals surface area contributed by atoms with E-state index in [0.717, 1.165) is 16.9 Å². The molecule has 4 nitrogen and oxygen atoms in total. The van der Waals surface area contributed by atoms with Crippen molar-refractivity contribution in [1.82, 2.24) is 4.90 Å². The van der Waals surface area contributed by atoms with Gasteiger partial charge in [0.05, 0.1) is 13.0 Å². The molecule has 100 valence electrons. The third-order valence-electron chi connectivity index (χ3n) is 2.73. The fourth-order valence-electron chi connectivity index (χ4n) is 1.61. The van der Waals surface area contributed by atoms with Crippen LogP contribution in [0, 0.1) is 6.92 Å². The largest absolute Gasteiger partial charge is 0.493 e. The molecule has 1 atom stereocenters. The fraction of sp³-hybridized carbons (Fsp3) is 0.500. The van der Waals surface area contributed by atoms with E-state index in [2.05, 4.69) is 0 Å². The molecule has 1 amide bonds. The summed E-state index contributed by atoms with van der Waals surface area (Å²) in [5.74, 6) is 0.835.